The van der Waals surface area contributed by atoms with Crippen molar-refractivity contribution in [1.82, 2.24) is 4.31 Å². The molecule has 0 saturated carbocycles. The van der Waals surface area contributed by atoms with Crippen LogP contribution in [0.1, 0.15) is 40.0 Å². The lowest BCUT2D eigenvalue weighted by Crippen LogP contribution is -2.34. The van der Waals surface area contributed by atoms with Crippen molar-refractivity contribution in [2.75, 3.05) is 13.1 Å². The predicted octanol–water partition coefficient (Wildman–Crippen LogP) is 1.23. The second-order valence-electron chi connectivity index (χ2n) is 4.76. The first kappa shape index (κ1) is 16.3. The molecule has 6 nitrogen and oxygen atoms in total. The average molecular weight is 267 g/mol. The lowest BCUT2D eigenvalue weighted by Gasteiger charge is -2.22. The Bertz CT molecular complexity index is 314. The zero-order valence-electron chi connectivity index (χ0n) is 10.5. The van der Waals surface area contributed by atoms with E-state index in [4.69, 9.17) is 4.55 Å². The third-order valence-corrected chi connectivity index (χ3v) is 3.06. The van der Waals surface area contributed by atoms with E-state index in [0.717, 1.165) is 23.6 Å². The van der Waals surface area contributed by atoms with Crippen molar-refractivity contribution >= 4 is 16.8 Å². The minimum Gasteiger partial charge on any atom is -0.462 e. The first-order valence-corrected chi connectivity index (χ1v) is 6.90. The third-order valence-electron chi connectivity index (χ3n) is 2.04. The van der Waals surface area contributed by atoms with Crippen LogP contribution in [0, 0.1) is 0 Å². The summed E-state index contributed by atoms with van der Waals surface area (Å²) >= 11 is 0. The van der Waals surface area contributed by atoms with E-state index < -0.39 is 10.3 Å². The maximum Gasteiger partial charge on any atom is 0.335 e. The van der Waals surface area contributed by atoms with Crippen LogP contribution in [0.25, 0.3) is 0 Å². The molecule has 1 heterocycles. The van der Waals surface area contributed by atoms with Crippen molar-refractivity contribution in [1.29, 1.82) is 0 Å². The van der Waals surface area contributed by atoms with Gasteiger partial charge in [0, 0.05) is 13.1 Å². The van der Waals surface area contributed by atoms with Crippen LogP contribution in [0.3, 0.4) is 0 Å². The summed E-state index contributed by atoms with van der Waals surface area (Å²) in [6.07, 6.45) is 2.78. The van der Waals surface area contributed by atoms with E-state index in [1.807, 2.05) is 20.8 Å². The van der Waals surface area contributed by atoms with Crippen LogP contribution >= 0.6 is 0 Å². The van der Waals surface area contributed by atoms with Gasteiger partial charge in [-0.1, -0.05) is 6.42 Å². The van der Waals surface area contributed by atoms with Gasteiger partial charge >= 0.3 is 10.3 Å². The van der Waals surface area contributed by atoms with E-state index in [2.05, 4.69) is 4.74 Å². The highest BCUT2D eigenvalue weighted by Crippen LogP contribution is 2.10. The van der Waals surface area contributed by atoms with Crippen LogP contribution in [0.15, 0.2) is 0 Å². The van der Waals surface area contributed by atoms with Gasteiger partial charge in [0.05, 0.1) is 0 Å². The quantitative estimate of drug-likeness (QED) is 0.601. The second-order valence-corrected chi connectivity index (χ2v) is 6.18. The van der Waals surface area contributed by atoms with Gasteiger partial charge in [-0.25, -0.2) is 0 Å². The molecule has 7 heteroatoms. The van der Waals surface area contributed by atoms with E-state index in [9.17, 15) is 13.2 Å². The first-order valence-electron chi connectivity index (χ1n) is 5.51. The lowest BCUT2D eigenvalue weighted by molar-refractivity contribution is -0.138. The van der Waals surface area contributed by atoms with Crippen molar-refractivity contribution in [2.24, 2.45) is 0 Å². The fourth-order valence-corrected chi connectivity index (χ4v) is 1.96. The predicted molar refractivity (Wildman–Crippen MR) is 63.9 cm³/mol. The van der Waals surface area contributed by atoms with Crippen LogP contribution in [-0.2, 0) is 19.8 Å². The normalized spacial score (nSPS) is 17.9. The average Bonchev–Trinajstić information content (AvgIpc) is 2.17. The fourth-order valence-electron chi connectivity index (χ4n) is 1.24. The third kappa shape index (κ3) is 9.08. The summed E-state index contributed by atoms with van der Waals surface area (Å²) in [5, 5.41) is 0. The Balaban J connectivity index is 0.000000325. The summed E-state index contributed by atoms with van der Waals surface area (Å²) in [4.78, 5) is 9.60. The van der Waals surface area contributed by atoms with Crippen molar-refractivity contribution in [3.63, 3.8) is 0 Å². The minimum atomic E-state index is -3.89. The van der Waals surface area contributed by atoms with E-state index in [-0.39, 0.29) is 5.60 Å². The molecule has 1 rings (SSSR count). The smallest absolute Gasteiger partial charge is 0.335 e. The Morgan fingerprint density at radius 3 is 1.82 bits per heavy atom. The molecular formula is C10H21NO5S. The molecule has 0 aromatic rings. The molecule has 0 aromatic carbocycles. The maximum atomic E-state index is 10.5. The van der Waals surface area contributed by atoms with Gasteiger partial charge in [0.25, 0.3) is 6.47 Å². The Kier molecular flexibility index (Phi) is 6.66. The number of nitrogens with zero attached hydrogens (tertiary/aromatic N) is 1. The molecule has 1 fully saturated rings. The highest BCUT2D eigenvalue weighted by Gasteiger charge is 2.20. The summed E-state index contributed by atoms with van der Waals surface area (Å²) < 4.78 is 35.1. The van der Waals surface area contributed by atoms with Crippen molar-refractivity contribution in [3.05, 3.63) is 0 Å². The van der Waals surface area contributed by atoms with Gasteiger partial charge in [0.1, 0.15) is 5.60 Å². The van der Waals surface area contributed by atoms with Gasteiger partial charge in [-0.15, -0.1) is 0 Å². The Morgan fingerprint density at radius 1 is 1.18 bits per heavy atom. The molecule has 1 saturated heterocycles. The van der Waals surface area contributed by atoms with Gasteiger partial charge in [-0.3, -0.25) is 9.35 Å². The molecule has 102 valence electrons. The van der Waals surface area contributed by atoms with Crippen LogP contribution in [-0.4, -0.2) is 42.4 Å². The summed E-state index contributed by atoms with van der Waals surface area (Å²) in [7, 11) is -3.89. The Hall–Kier alpha value is -0.660. The van der Waals surface area contributed by atoms with Crippen molar-refractivity contribution in [2.45, 2.75) is 45.6 Å². The summed E-state index contributed by atoms with van der Waals surface area (Å²) in [5.74, 6) is 0. The number of carbonyl (C=O) groups excluding carboxylic acids is 1. The highest BCUT2D eigenvalue weighted by molar-refractivity contribution is 7.83. The zero-order chi connectivity index (χ0) is 13.5. The van der Waals surface area contributed by atoms with E-state index in [0.29, 0.717) is 19.6 Å². The van der Waals surface area contributed by atoms with Gasteiger partial charge in [0.15, 0.2) is 0 Å². The molecule has 0 atom stereocenters. The molecule has 1 aliphatic rings. The number of rotatable bonds is 2. The van der Waals surface area contributed by atoms with Crippen LogP contribution in [0.2, 0.25) is 0 Å². The molecule has 0 radical (unpaired) electrons. The monoisotopic (exact) mass is 267 g/mol. The van der Waals surface area contributed by atoms with Gasteiger partial charge in [-0.2, -0.15) is 12.7 Å². The summed E-state index contributed by atoms with van der Waals surface area (Å²) in [6, 6.07) is 0. The molecule has 0 aromatic heterocycles. The molecular weight excluding hydrogens is 246 g/mol. The SMILES string of the molecule is CC(C)(C)OC=O.O=S(=O)(O)N1CCCCC1. The topological polar surface area (TPSA) is 83.9 Å². The van der Waals surface area contributed by atoms with Crippen molar-refractivity contribution in [3.8, 4) is 0 Å². The van der Waals surface area contributed by atoms with Gasteiger partial charge in [0.2, 0.25) is 0 Å². The number of hydrogen-bond donors (Lipinski definition) is 1. The molecule has 0 unspecified atom stereocenters. The van der Waals surface area contributed by atoms with E-state index >= 15 is 0 Å². The molecule has 1 N–H and O–H groups in total. The number of carbonyl (C=O) groups is 1. The minimum absolute atomic E-state index is 0.318. The molecule has 1 aliphatic heterocycles. The zero-order valence-corrected chi connectivity index (χ0v) is 11.4. The van der Waals surface area contributed by atoms with Gasteiger partial charge < -0.3 is 4.74 Å². The highest BCUT2D eigenvalue weighted by atomic mass is 32.2. The molecule has 0 aliphatic carbocycles. The standard InChI is InChI=1S/C5H11NO3S.C5H10O2/c7-10(8,9)6-4-2-1-3-5-6;1-5(2,3)7-4-6/h1-5H2,(H,7,8,9);4H,1-3H3. The largest absolute Gasteiger partial charge is 0.462 e. The first-order chi connectivity index (χ1) is 7.67. The Morgan fingerprint density at radius 2 is 1.65 bits per heavy atom. The fraction of sp³-hybridized carbons (Fsp3) is 0.900. The van der Waals surface area contributed by atoms with Crippen LogP contribution in [0.4, 0.5) is 0 Å². The van der Waals surface area contributed by atoms with Crippen LogP contribution < -0.4 is 0 Å². The number of ether oxygens (including phenoxy) is 1. The number of hydrogen-bond acceptors (Lipinski definition) is 4. The summed E-state index contributed by atoms with van der Waals surface area (Å²) in [5.41, 5.74) is -0.318. The summed E-state index contributed by atoms with van der Waals surface area (Å²) in [6.45, 7) is 6.86. The second kappa shape index (κ2) is 6.93. The molecule has 0 bridgehead atoms. The number of piperidine rings is 1. The van der Waals surface area contributed by atoms with Gasteiger partial charge in [-0.05, 0) is 33.6 Å². The molecule has 17 heavy (non-hydrogen) atoms. The van der Waals surface area contributed by atoms with Crippen LogP contribution in [0.5, 0.6) is 0 Å². The van der Waals surface area contributed by atoms with E-state index in [1.54, 1.807) is 0 Å². The molecule has 0 spiro atoms. The van der Waals surface area contributed by atoms with E-state index in [1.165, 1.54) is 0 Å². The lowest BCUT2D eigenvalue weighted by atomic mass is 10.2. The maximum absolute atomic E-state index is 10.5. The Labute approximate surface area is 103 Å². The molecule has 0 amide bonds. The van der Waals surface area contributed by atoms with Crippen molar-refractivity contribution < 1.29 is 22.5 Å².